The van der Waals surface area contributed by atoms with Gasteiger partial charge in [0.05, 0.1) is 0 Å². The minimum Gasteiger partial charge on any atom is -0.360 e. The molecule has 0 radical (unpaired) electrons. The van der Waals surface area contributed by atoms with E-state index in [2.05, 4.69) is 16.5 Å². The average molecular weight is 409 g/mol. The maximum atomic E-state index is 12.9. The summed E-state index contributed by atoms with van der Waals surface area (Å²) in [5.74, 6) is 0.321. The van der Waals surface area contributed by atoms with E-state index in [1.807, 2.05) is 30.9 Å². The van der Waals surface area contributed by atoms with Crippen LogP contribution in [0.25, 0.3) is 0 Å². The van der Waals surface area contributed by atoms with E-state index in [4.69, 9.17) is 16.7 Å². The second-order valence-electron chi connectivity index (χ2n) is 6.85. The predicted octanol–water partition coefficient (Wildman–Crippen LogP) is 2.61. The van der Waals surface area contributed by atoms with Crippen LogP contribution in [0.5, 0.6) is 0 Å². The fourth-order valence-electron chi connectivity index (χ4n) is 3.35. The Labute approximate surface area is 165 Å². The molecular weight excluding hydrogens is 384 g/mol. The molecule has 1 aromatic carbocycles. The van der Waals surface area contributed by atoms with Gasteiger partial charge < -0.3 is 14.7 Å². The van der Waals surface area contributed by atoms with E-state index in [0.29, 0.717) is 42.7 Å². The maximum absolute atomic E-state index is 12.9. The summed E-state index contributed by atoms with van der Waals surface area (Å²) < 4.78 is 32.3. The summed E-state index contributed by atoms with van der Waals surface area (Å²) in [6, 6.07) is 6.18. The number of hydrogen-bond acceptors (Lipinski definition) is 5. The maximum Gasteiger partial charge on any atom is 0.248 e. The van der Waals surface area contributed by atoms with Crippen LogP contribution in [-0.2, 0) is 10.0 Å². The highest BCUT2D eigenvalue weighted by molar-refractivity contribution is 7.89. The van der Waals surface area contributed by atoms with Gasteiger partial charge in [-0.1, -0.05) is 11.2 Å². The van der Waals surface area contributed by atoms with Gasteiger partial charge in [-0.15, -0.1) is 0 Å². The van der Waals surface area contributed by atoms with Gasteiger partial charge in [-0.2, -0.15) is 4.31 Å². The van der Waals surface area contributed by atoms with Crippen LogP contribution >= 0.6 is 12.2 Å². The van der Waals surface area contributed by atoms with Crippen LogP contribution < -0.4 is 5.32 Å². The number of hydrogen-bond donors (Lipinski definition) is 1. The standard InChI is InChI=1S/C18H24N4O3S2/c1-12-9-13(2)11-16(10-12)19-18(26)21-5-7-22(8-6-21)27(23,24)17-14(3)20-25-15(17)4/h9-11H,5-8H2,1-4H3,(H,19,26). The summed E-state index contributed by atoms with van der Waals surface area (Å²) in [6.07, 6.45) is 0. The van der Waals surface area contributed by atoms with Crippen molar-refractivity contribution in [3.05, 3.63) is 40.8 Å². The lowest BCUT2D eigenvalue weighted by atomic mass is 10.1. The van der Waals surface area contributed by atoms with E-state index in [9.17, 15) is 8.42 Å². The summed E-state index contributed by atoms with van der Waals surface area (Å²) in [7, 11) is -3.61. The first-order valence-electron chi connectivity index (χ1n) is 8.76. The highest BCUT2D eigenvalue weighted by Crippen LogP contribution is 2.24. The van der Waals surface area contributed by atoms with Gasteiger partial charge in [-0.05, 0) is 63.2 Å². The number of piperazine rings is 1. The summed E-state index contributed by atoms with van der Waals surface area (Å²) >= 11 is 5.52. The number of aryl methyl sites for hydroxylation is 4. The molecule has 0 atom stereocenters. The SMILES string of the molecule is Cc1cc(C)cc(NC(=S)N2CCN(S(=O)(=O)c3c(C)noc3C)CC2)c1. The van der Waals surface area contributed by atoms with Gasteiger partial charge in [-0.25, -0.2) is 8.42 Å². The van der Waals surface area contributed by atoms with E-state index in [0.717, 1.165) is 16.8 Å². The topological polar surface area (TPSA) is 78.7 Å². The van der Waals surface area contributed by atoms with Crippen LogP contribution in [0.15, 0.2) is 27.6 Å². The molecule has 0 saturated carbocycles. The smallest absolute Gasteiger partial charge is 0.248 e. The van der Waals surface area contributed by atoms with Crippen molar-refractivity contribution in [2.75, 3.05) is 31.5 Å². The summed E-state index contributed by atoms with van der Waals surface area (Å²) in [4.78, 5) is 2.17. The molecule has 1 aromatic heterocycles. The molecule has 0 aliphatic carbocycles. The fourth-order valence-corrected chi connectivity index (χ4v) is 5.37. The molecule has 7 nitrogen and oxygen atoms in total. The lowest BCUT2D eigenvalue weighted by Gasteiger charge is -2.35. The van der Waals surface area contributed by atoms with E-state index >= 15 is 0 Å². The molecule has 0 unspecified atom stereocenters. The molecule has 27 heavy (non-hydrogen) atoms. The molecule has 1 saturated heterocycles. The minimum absolute atomic E-state index is 0.173. The summed E-state index contributed by atoms with van der Waals surface area (Å²) in [5.41, 5.74) is 3.66. The van der Waals surface area contributed by atoms with Crippen molar-refractivity contribution in [3.63, 3.8) is 0 Å². The number of nitrogens with one attached hydrogen (secondary N) is 1. The second kappa shape index (κ2) is 7.57. The third kappa shape index (κ3) is 4.15. The zero-order chi connectivity index (χ0) is 19.8. The van der Waals surface area contributed by atoms with Crippen molar-refractivity contribution >= 4 is 33.0 Å². The quantitative estimate of drug-likeness (QED) is 0.782. The Morgan fingerprint density at radius 3 is 2.19 bits per heavy atom. The predicted molar refractivity (Wildman–Crippen MR) is 108 cm³/mol. The van der Waals surface area contributed by atoms with Crippen molar-refractivity contribution in [1.29, 1.82) is 0 Å². The lowest BCUT2D eigenvalue weighted by molar-refractivity contribution is 0.268. The molecule has 0 amide bonds. The molecule has 2 aromatic rings. The second-order valence-corrected chi connectivity index (χ2v) is 9.11. The molecule has 1 aliphatic rings. The zero-order valence-corrected chi connectivity index (χ0v) is 17.6. The van der Waals surface area contributed by atoms with E-state index in [1.165, 1.54) is 4.31 Å². The molecule has 1 aliphatic heterocycles. The molecule has 0 spiro atoms. The van der Waals surface area contributed by atoms with Crippen molar-refractivity contribution in [2.24, 2.45) is 0 Å². The highest BCUT2D eigenvalue weighted by atomic mass is 32.2. The number of rotatable bonds is 3. The Morgan fingerprint density at radius 2 is 1.67 bits per heavy atom. The van der Waals surface area contributed by atoms with Gasteiger partial charge in [0.1, 0.15) is 10.6 Å². The van der Waals surface area contributed by atoms with Gasteiger partial charge in [0.2, 0.25) is 10.0 Å². The molecule has 146 valence electrons. The summed E-state index contributed by atoms with van der Waals surface area (Å²) in [5, 5.41) is 7.62. The Hall–Kier alpha value is -1.97. The molecular formula is C18H24N4O3S2. The van der Waals surface area contributed by atoms with E-state index in [-0.39, 0.29) is 4.90 Å². The molecule has 3 rings (SSSR count). The lowest BCUT2D eigenvalue weighted by Crippen LogP contribution is -2.51. The van der Waals surface area contributed by atoms with Crippen molar-refractivity contribution in [3.8, 4) is 0 Å². The van der Waals surface area contributed by atoms with E-state index in [1.54, 1.807) is 13.8 Å². The first kappa shape index (κ1) is 19.8. The Balaban J connectivity index is 1.65. The molecule has 1 N–H and O–H groups in total. The Bertz CT molecular complexity index is 921. The van der Waals surface area contributed by atoms with Crippen LogP contribution in [0.1, 0.15) is 22.6 Å². The van der Waals surface area contributed by atoms with Crippen LogP contribution in [0, 0.1) is 27.7 Å². The van der Waals surface area contributed by atoms with E-state index < -0.39 is 10.0 Å². The first-order valence-corrected chi connectivity index (χ1v) is 10.6. The number of sulfonamides is 1. The molecule has 1 fully saturated rings. The summed E-state index contributed by atoms with van der Waals surface area (Å²) in [6.45, 7) is 9.12. The number of aromatic nitrogens is 1. The molecule has 9 heteroatoms. The largest absolute Gasteiger partial charge is 0.360 e. The Kier molecular flexibility index (Phi) is 5.55. The van der Waals surface area contributed by atoms with Crippen LogP contribution in [-0.4, -0.2) is 54.1 Å². The Morgan fingerprint density at radius 1 is 1.07 bits per heavy atom. The normalized spacial score (nSPS) is 15.8. The van der Waals surface area contributed by atoms with Crippen molar-refractivity contribution in [2.45, 2.75) is 32.6 Å². The van der Waals surface area contributed by atoms with Crippen molar-refractivity contribution < 1.29 is 12.9 Å². The van der Waals surface area contributed by atoms with Crippen LogP contribution in [0.2, 0.25) is 0 Å². The number of thiocarbonyl (C=S) groups is 1. The van der Waals surface area contributed by atoms with Gasteiger partial charge in [0.15, 0.2) is 10.9 Å². The third-order valence-electron chi connectivity index (χ3n) is 4.56. The number of anilines is 1. The minimum atomic E-state index is -3.61. The third-order valence-corrected chi connectivity index (χ3v) is 7.07. The van der Waals surface area contributed by atoms with Gasteiger partial charge in [0, 0.05) is 31.9 Å². The highest BCUT2D eigenvalue weighted by Gasteiger charge is 2.33. The monoisotopic (exact) mass is 408 g/mol. The fraction of sp³-hybridized carbons (Fsp3) is 0.444. The first-order chi connectivity index (χ1) is 12.7. The van der Waals surface area contributed by atoms with Crippen LogP contribution in [0.4, 0.5) is 5.69 Å². The van der Waals surface area contributed by atoms with Crippen LogP contribution in [0.3, 0.4) is 0 Å². The number of nitrogens with zero attached hydrogens (tertiary/aromatic N) is 3. The van der Waals surface area contributed by atoms with Gasteiger partial charge >= 0.3 is 0 Å². The van der Waals surface area contributed by atoms with Gasteiger partial charge in [-0.3, -0.25) is 0 Å². The zero-order valence-electron chi connectivity index (χ0n) is 15.9. The molecule has 0 bridgehead atoms. The average Bonchev–Trinajstić information content (AvgIpc) is 2.93. The molecule has 2 heterocycles. The number of benzene rings is 1. The van der Waals surface area contributed by atoms with Crippen molar-refractivity contribution in [1.82, 2.24) is 14.4 Å². The van der Waals surface area contributed by atoms with Gasteiger partial charge in [0.25, 0.3) is 0 Å².